The summed E-state index contributed by atoms with van der Waals surface area (Å²) in [6.45, 7) is 4.70. The van der Waals surface area contributed by atoms with Crippen molar-refractivity contribution in [2.75, 3.05) is 39.3 Å². The number of nitrogens with one attached hydrogen (secondary N) is 3. The van der Waals surface area contributed by atoms with Gasteiger partial charge in [-0.2, -0.15) is 0 Å². The average molecular weight is 815 g/mol. The van der Waals surface area contributed by atoms with Crippen LogP contribution >= 0.6 is 0 Å². The second-order valence-electron chi connectivity index (χ2n) is 16.7. The summed E-state index contributed by atoms with van der Waals surface area (Å²) in [7, 11) is 0. The molecule has 1 aromatic heterocycles. The summed E-state index contributed by atoms with van der Waals surface area (Å²) in [5, 5.41) is 28.2. The Morgan fingerprint density at radius 3 is 2.30 bits per heavy atom. The smallest absolute Gasteiger partial charge is 0.408 e. The van der Waals surface area contributed by atoms with E-state index >= 15 is 0 Å². The number of aromatic nitrogens is 1. The van der Waals surface area contributed by atoms with E-state index in [1.807, 2.05) is 66.7 Å². The number of alkyl carbamates (subject to hydrolysis) is 1. The lowest BCUT2D eigenvalue weighted by molar-refractivity contribution is -0.0789. The van der Waals surface area contributed by atoms with E-state index in [1.54, 1.807) is 24.3 Å². The van der Waals surface area contributed by atoms with E-state index in [-0.39, 0.29) is 22.9 Å². The zero-order chi connectivity index (χ0) is 41.5. The number of carbonyl (C=O) groups excluding carboxylic acids is 2. The fraction of sp³-hybridized carbons (Fsp3) is 0.396. The molecule has 4 fully saturated rings. The molecular weight excluding hydrogens is 761 g/mol. The van der Waals surface area contributed by atoms with Crippen LogP contribution in [0.5, 0.6) is 11.5 Å². The third-order valence-corrected chi connectivity index (χ3v) is 12.6. The lowest BCUT2D eigenvalue weighted by Crippen LogP contribution is -2.55. The molecule has 4 heterocycles. The van der Waals surface area contributed by atoms with Crippen molar-refractivity contribution in [2.24, 2.45) is 11.8 Å². The number of rotatable bonds is 15. The molecule has 2 atom stereocenters. The van der Waals surface area contributed by atoms with Crippen LogP contribution in [0.2, 0.25) is 0 Å². The summed E-state index contributed by atoms with van der Waals surface area (Å²) in [6.07, 6.45) is 5.33. The first-order valence-corrected chi connectivity index (χ1v) is 21.2. The second kappa shape index (κ2) is 18.7. The number of piperidine rings is 3. The standard InChI is InChI=1S/C48H54N4O8/c53-41-19-17-39(40-18-20-43(55)50-45(40)41)42(54)29-49-28-32-9-11-33(12-10-32)31-59-46(56)36-15-13-34(14-16-36)30-58-38-8-4-7-37(27-38)44(35-5-2-1-3-6-35)51-47(57)60-48-21-24-52(25-22-48)26-23-48/h1-8,13-20,27,32-33,42,44,49,53-54H,9-12,21-26,28-31H2,(H,50,55)(H,51,57)/t32-,33-,42-,44?/m0/s1. The van der Waals surface area contributed by atoms with Crippen LogP contribution in [0.4, 0.5) is 4.79 Å². The Labute approximate surface area is 349 Å². The molecule has 0 spiro atoms. The first-order valence-electron chi connectivity index (χ1n) is 21.2. The number of aromatic hydroxyl groups is 1. The van der Waals surface area contributed by atoms with Gasteiger partial charge in [0.1, 0.15) is 23.7 Å². The van der Waals surface area contributed by atoms with E-state index in [0.29, 0.717) is 59.4 Å². The lowest BCUT2D eigenvalue weighted by Gasteiger charge is -2.47. The van der Waals surface area contributed by atoms with Crippen LogP contribution in [-0.2, 0) is 16.1 Å². The number of fused-ring (bicyclic) bond motifs is 4. The number of pyridine rings is 1. The number of aliphatic hydroxyl groups excluding tert-OH is 1. The quantitative estimate of drug-likeness (QED) is 0.0687. The van der Waals surface area contributed by atoms with Crippen LogP contribution < -0.4 is 20.9 Å². The SMILES string of the molecule is O=C(NC(c1ccccc1)c1cccc(OCc2ccc(C(=O)OC[C@H]3CC[C@H](CNC[C@H](O)c4ccc(O)c5[nH]c(=O)ccc45)CC3)cc2)c1)OC12CCN(CC1)CC2. The summed E-state index contributed by atoms with van der Waals surface area (Å²) in [5.41, 5.74) is 3.49. The Bertz CT molecular complexity index is 2290. The predicted molar refractivity (Wildman–Crippen MR) is 228 cm³/mol. The fourth-order valence-corrected chi connectivity index (χ4v) is 8.95. The zero-order valence-corrected chi connectivity index (χ0v) is 33.8. The van der Waals surface area contributed by atoms with E-state index in [4.69, 9.17) is 14.2 Å². The maximum absolute atomic E-state index is 13.3. The van der Waals surface area contributed by atoms with E-state index in [0.717, 1.165) is 87.8 Å². The number of H-pyrrole nitrogens is 1. The third kappa shape index (κ3) is 10.0. The Morgan fingerprint density at radius 2 is 1.55 bits per heavy atom. The van der Waals surface area contributed by atoms with Gasteiger partial charge >= 0.3 is 12.1 Å². The molecule has 9 rings (SSSR count). The molecule has 1 unspecified atom stereocenters. The van der Waals surface area contributed by atoms with Crippen molar-refractivity contribution in [3.63, 3.8) is 0 Å². The summed E-state index contributed by atoms with van der Waals surface area (Å²) in [6, 6.07) is 30.7. The summed E-state index contributed by atoms with van der Waals surface area (Å²) in [5.74, 6) is 1.05. The molecule has 1 aliphatic carbocycles. The minimum atomic E-state index is -0.797. The average Bonchev–Trinajstić information content (AvgIpc) is 3.28. The van der Waals surface area contributed by atoms with Gasteiger partial charge in [0.25, 0.3) is 0 Å². The number of phenolic OH excluding ortho intramolecular Hbond substituents is 1. The van der Waals surface area contributed by atoms with Gasteiger partial charge in [0, 0.05) is 56.9 Å². The Kier molecular flexibility index (Phi) is 12.8. The number of hydrogen-bond acceptors (Lipinski definition) is 10. The molecule has 12 nitrogen and oxygen atoms in total. The molecular formula is C48H54N4O8. The topological polar surface area (TPSA) is 162 Å². The van der Waals surface area contributed by atoms with Crippen LogP contribution in [-0.4, -0.2) is 77.1 Å². The van der Waals surface area contributed by atoms with Gasteiger partial charge in [-0.3, -0.25) is 4.79 Å². The number of esters is 1. The first kappa shape index (κ1) is 41.1. The third-order valence-electron chi connectivity index (χ3n) is 12.6. The molecule has 2 bridgehead atoms. The molecule has 1 saturated carbocycles. The highest BCUT2D eigenvalue weighted by Crippen LogP contribution is 2.36. The van der Waals surface area contributed by atoms with Crippen LogP contribution in [0.3, 0.4) is 0 Å². The number of aliphatic hydroxyl groups is 1. The maximum Gasteiger partial charge on any atom is 0.408 e. The van der Waals surface area contributed by atoms with E-state index in [1.165, 1.54) is 12.1 Å². The number of benzene rings is 4. The monoisotopic (exact) mass is 814 g/mol. The highest BCUT2D eigenvalue weighted by atomic mass is 16.6. The summed E-state index contributed by atoms with van der Waals surface area (Å²) in [4.78, 5) is 43.1. The predicted octanol–water partition coefficient (Wildman–Crippen LogP) is 7.15. The van der Waals surface area contributed by atoms with Crippen molar-refractivity contribution >= 4 is 23.0 Å². The Morgan fingerprint density at radius 1 is 0.833 bits per heavy atom. The van der Waals surface area contributed by atoms with Gasteiger partial charge in [0.2, 0.25) is 5.56 Å². The van der Waals surface area contributed by atoms with Crippen LogP contribution in [0.25, 0.3) is 10.9 Å². The largest absolute Gasteiger partial charge is 0.506 e. The molecule has 4 aromatic carbocycles. The fourth-order valence-electron chi connectivity index (χ4n) is 8.95. The van der Waals surface area contributed by atoms with Crippen molar-refractivity contribution in [2.45, 2.75) is 69.3 Å². The van der Waals surface area contributed by atoms with Crippen LogP contribution in [0.1, 0.15) is 89.7 Å². The minimum absolute atomic E-state index is 0.0319. The van der Waals surface area contributed by atoms with Crippen molar-refractivity contribution in [1.29, 1.82) is 0 Å². The highest BCUT2D eigenvalue weighted by Gasteiger charge is 2.43. The van der Waals surface area contributed by atoms with E-state index in [9.17, 15) is 24.6 Å². The number of nitrogens with zero attached hydrogens (tertiary/aromatic N) is 1. The minimum Gasteiger partial charge on any atom is -0.506 e. The molecule has 12 heteroatoms. The van der Waals surface area contributed by atoms with Crippen molar-refractivity contribution in [1.82, 2.24) is 20.5 Å². The van der Waals surface area contributed by atoms with Gasteiger partial charge in [-0.25, -0.2) is 9.59 Å². The number of amides is 1. The maximum atomic E-state index is 13.3. The summed E-state index contributed by atoms with van der Waals surface area (Å²) < 4.78 is 18.1. The van der Waals surface area contributed by atoms with Gasteiger partial charge < -0.3 is 44.9 Å². The van der Waals surface area contributed by atoms with Crippen molar-refractivity contribution < 1.29 is 34.0 Å². The number of carbonyl (C=O) groups is 2. The number of aromatic amines is 1. The van der Waals surface area contributed by atoms with E-state index in [2.05, 4.69) is 20.5 Å². The zero-order valence-electron chi connectivity index (χ0n) is 33.8. The second-order valence-corrected chi connectivity index (χ2v) is 16.7. The molecule has 314 valence electrons. The van der Waals surface area contributed by atoms with Gasteiger partial charge in [0.15, 0.2) is 0 Å². The molecule has 3 aliphatic heterocycles. The normalized spacial score (nSPS) is 22.1. The molecule has 5 aromatic rings. The highest BCUT2D eigenvalue weighted by molar-refractivity contribution is 5.89. The molecule has 60 heavy (non-hydrogen) atoms. The van der Waals surface area contributed by atoms with Crippen LogP contribution in [0, 0.1) is 11.8 Å². The van der Waals surface area contributed by atoms with Crippen molar-refractivity contribution in [3.8, 4) is 11.5 Å². The molecule has 4 aliphatic rings. The van der Waals surface area contributed by atoms with Crippen molar-refractivity contribution in [3.05, 3.63) is 141 Å². The summed E-state index contributed by atoms with van der Waals surface area (Å²) >= 11 is 0. The van der Waals surface area contributed by atoms with Gasteiger partial charge in [0.05, 0.1) is 29.8 Å². The Hall–Kier alpha value is -5.69. The molecule has 0 radical (unpaired) electrons. The molecule has 5 N–H and O–H groups in total. The number of phenols is 1. The Balaban J connectivity index is 0.771. The number of ether oxygens (including phenoxy) is 3. The van der Waals surface area contributed by atoms with Gasteiger partial charge in [-0.15, -0.1) is 0 Å². The van der Waals surface area contributed by atoms with E-state index < -0.39 is 18.2 Å². The van der Waals surface area contributed by atoms with Gasteiger partial charge in [-0.1, -0.05) is 60.7 Å². The molecule has 1 amide bonds. The lowest BCUT2D eigenvalue weighted by atomic mass is 9.82. The first-order chi connectivity index (χ1) is 29.2. The molecule has 3 saturated heterocycles. The van der Waals surface area contributed by atoms with Gasteiger partial charge in [-0.05, 0) is 103 Å². The number of hydrogen-bond donors (Lipinski definition) is 5. The van der Waals surface area contributed by atoms with Crippen LogP contribution in [0.15, 0.2) is 108 Å².